The average Bonchev–Trinajstić information content (AvgIpc) is 3.31. The average molecular weight is 455 g/mol. The molecule has 9 nitrogen and oxygen atoms in total. The van der Waals surface area contributed by atoms with Crippen LogP contribution in [0.3, 0.4) is 0 Å². The summed E-state index contributed by atoms with van der Waals surface area (Å²) < 4.78 is 0. The number of piperazine rings is 1. The monoisotopic (exact) mass is 454 g/mol. The van der Waals surface area contributed by atoms with E-state index in [2.05, 4.69) is 32.1 Å². The molecule has 1 amide bonds. The molecule has 31 heavy (non-hydrogen) atoms. The van der Waals surface area contributed by atoms with Crippen LogP contribution in [0.15, 0.2) is 24.3 Å². The Hall–Kier alpha value is -2.36. The van der Waals surface area contributed by atoms with Crippen LogP contribution < -0.4 is 10.2 Å². The number of nitrogens with one attached hydrogen (secondary N) is 1. The molecule has 0 aliphatic carbocycles. The van der Waals surface area contributed by atoms with Gasteiger partial charge in [-0.15, -0.1) is 0 Å². The number of carboxylic acid groups (broad SMARTS) is 2. The molecule has 4 rings (SSSR count). The zero-order valence-electron chi connectivity index (χ0n) is 17.5. The lowest BCUT2D eigenvalue weighted by Crippen LogP contribution is -2.47. The predicted octanol–water partition coefficient (Wildman–Crippen LogP) is 0.932. The maximum Gasteiger partial charge on any atom is 0.290 e. The number of fused-ring (bicyclic) bond motifs is 1. The molecule has 172 valence electrons. The van der Waals surface area contributed by atoms with E-state index < -0.39 is 0 Å². The minimum Gasteiger partial charge on any atom is -0.483 e. The van der Waals surface area contributed by atoms with Crippen LogP contribution >= 0.6 is 11.6 Å². The van der Waals surface area contributed by atoms with Crippen LogP contribution in [0.2, 0.25) is 5.02 Å². The number of amides is 1. The topological polar surface area (TPSA) is 113 Å². The van der Waals surface area contributed by atoms with Crippen molar-refractivity contribution in [1.29, 1.82) is 0 Å². The molecule has 3 aliphatic rings. The van der Waals surface area contributed by atoms with Crippen LogP contribution in [-0.4, -0.2) is 97.8 Å². The summed E-state index contributed by atoms with van der Waals surface area (Å²) in [6, 6.07) is 8.15. The van der Waals surface area contributed by atoms with Gasteiger partial charge in [0.05, 0.1) is 5.92 Å². The Morgan fingerprint density at radius 2 is 1.68 bits per heavy atom. The summed E-state index contributed by atoms with van der Waals surface area (Å²) in [5.41, 5.74) is 1.23. The molecule has 3 saturated heterocycles. The van der Waals surface area contributed by atoms with Gasteiger partial charge in [0.2, 0.25) is 5.91 Å². The van der Waals surface area contributed by atoms with Crippen molar-refractivity contribution >= 4 is 36.1 Å². The number of nitrogens with zero attached hydrogens (tertiary/aromatic N) is 3. The summed E-state index contributed by atoms with van der Waals surface area (Å²) in [5, 5.41) is 17.6. The third-order valence-corrected chi connectivity index (χ3v) is 6.12. The molecule has 10 heteroatoms. The van der Waals surface area contributed by atoms with Crippen molar-refractivity contribution in [3.05, 3.63) is 29.3 Å². The SMILES string of the molecule is O=C1NC[C@H]2CN(CCCN3CCN(c4cccc(Cl)c4)CC3)C[C@@H]12.O=CO.O=CO. The van der Waals surface area contributed by atoms with Gasteiger partial charge in [-0.25, -0.2) is 0 Å². The molecule has 0 bridgehead atoms. The van der Waals surface area contributed by atoms with Gasteiger partial charge in [-0.1, -0.05) is 17.7 Å². The third-order valence-electron chi connectivity index (χ3n) is 5.89. The Labute approximate surface area is 187 Å². The molecular formula is C21H31ClN4O5. The van der Waals surface area contributed by atoms with Gasteiger partial charge < -0.3 is 25.3 Å². The molecule has 0 spiro atoms. The molecule has 0 radical (unpaired) electrons. The largest absolute Gasteiger partial charge is 0.483 e. The molecule has 3 aliphatic heterocycles. The molecule has 0 saturated carbocycles. The molecule has 3 N–H and O–H groups in total. The van der Waals surface area contributed by atoms with Gasteiger partial charge in [0.1, 0.15) is 0 Å². The van der Waals surface area contributed by atoms with E-state index >= 15 is 0 Å². The molecule has 3 heterocycles. The van der Waals surface area contributed by atoms with E-state index in [1.165, 1.54) is 12.1 Å². The van der Waals surface area contributed by atoms with E-state index in [0.29, 0.717) is 5.92 Å². The van der Waals surface area contributed by atoms with Crippen molar-refractivity contribution in [2.75, 3.05) is 63.8 Å². The van der Waals surface area contributed by atoms with E-state index in [1.807, 2.05) is 12.1 Å². The van der Waals surface area contributed by atoms with Crippen LogP contribution in [0.1, 0.15) is 6.42 Å². The second kappa shape index (κ2) is 13.1. The highest BCUT2D eigenvalue weighted by Crippen LogP contribution is 2.27. The zero-order valence-corrected chi connectivity index (χ0v) is 18.3. The normalized spacial score (nSPS) is 23.0. The van der Waals surface area contributed by atoms with Crippen molar-refractivity contribution in [3.63, 3.8) is 0 Å². The summed E-state index contributed by atoms with van der Waals surface area (Å²) in [6.07, 6.45) is 1.19. The van der Waals surface area contributed by atoms with Crippen LogP contribution in [0, 0.1) is 11.8 Å². The lowest BCUT2D eigenvalue weighted by atomic mass is 10.0. The first-order valence-electron chi connectivity index (χ1n) is 10.4. The molecule has 1 aromatic rings. The summed E-state index contributed by atoms with van der Waals surface area (Å²) in [7, 11) is 0. The van der Waals surface area contributed by atoms with Crippen molar-refractivity contribution in [2.24, 2.45) is 11.8 Å². The summed E-state index contributed by atoms with van der Waals surface area (Å²) in [6.45, 7) is 9.05. The van der Waals surface area contributed by atoms with Crippen LogP contribution in [0.25, 0.3) is 0 Å². The number of hydrogen-bond acceptors (Lipinski definition) is 6. The summed E-state index contributed by atoms with van der Waals surface area (Å²) >= 11 is 6.10. The Kier molecular flexibility index (Phi) is 10.6. The fourth-order valence-electron chi connectivity index (χ4n) is 4.43. The standard InChI is InChI=1S/C19H27ClN4O.2CH2O2/c20-16-3-1-4-17(11-16)24-9-7-22(8-10-24)5-2-6-23-13-15-12-21-19(25)18(15)14-23;2*2-1-3/h1,3-4,11,15,18H,2,5-10,12-14H2,(H,21,25);2*1H,(H,2,3)/t15-,18+;;/m0../s1. The fourth-order valence-corrected chi connectivity index (χ4v) is 4.61. The molecule has 0 unspecified atom stereocenters. The van der Waals surface area contributed by atoms with Gasteiger partial charge in [0.25, 0.3) is 12.9 Å². The van der Waals surface area contributed by atoms with Gasteiger partial charge in [-0.05, 0) is 37.7 Å². The highest BCUT2D eigenvalue weighted by molar-refractivity contribution is 6.30. The molecule has 1 aromatic carbocycles. The first-order valence-corrected chi connectivity index (χ1v) is 10.8. The Morgan fingerprint density at radius 1 is 1.03 bits per heavy atom. The maximum absolute atomic E-state index is 11.7. The van der Waals surface area contributed by atoms with Gasteiger partial charge in [0, 0.05) is 62.4 Å². The van der Waals surface area contributed by atoms with Crippen molar-refractivity contribution in [1.82, 2.24) is 15.1 Å². The highest BCUT2D eigenvalue weighted by Gasteiger charge is 2.41. The van der Waals surface area contributed by atoms with E-state index in [9.17, 15) is 4.79 Å². The van der Waals surface area contributed by atoms with Crippen molar-refractivity contribution in [2.45, 2.75) is 6.42 Å². The summed E-state index contributed by atoms with van der Waals surface area (Å²) in [5.74, 6) is 1.07. The second-order valence-electron chi connectivity index (χ2n) is 7.74. The Balaban J connectivity index is 0.000000513. The predicted molar refractivity (Wildman–Crippen MR) is 119 cm³/mol. The van der Waals surface area contributed by atoms with E-state index in [4.69, 9.17) is 31.4 Å². The fraction of sp³-hybridized carbons (Fsp3) is 0.571. The van der Waals surface area contributed by atoms with Gasteiger partial charge >= 0.3 is 0 Å². The Morgan fingerprint density at radius 3 is 2.29 bits per heavy atom. The second-order valence-corrected chi connectivity index (χ2v) is 8.18. The van der Waals surface area contributed by atoms with Crippen LogP contribution in [-0.2, 0) is 14.4 Å². The number of carbonyl (C=O) groups is 3. The van der Waals surface area contributed by atoms with E-state index in [0.717, 1.165) is 63.9 Å². The third kappa shape index (κ3) is 7.68. The number of anilines is 1. The number of halogens is 1. The van der Waals surface area contributed by atoms with Gasteiger partial charge in [0.15, 0.2) is 0 Å². The lowest BCUT2D eigenvalue weighted by molar-refractivity contribution is -0.123. The van der Waals surface area contributed by atoms with Crippen molar-refractivity contribution in [3.8, 4) is 0 Å². The number of likely N-dealkylation sites (tertiary alicyclic amines) is 1. The highest BCUT2D eigenvalue weighted by atomic mass is 35.5. The van der Waals surface area contributed by atoms with Crippen LogP contribution in [0.4, 0.5) is 5.69 Å². The smallest absolute Gasteiger partial charge is 0.290 e. The minimum atomic E-state index is -0.250. The van der Waals surface area contributed by atoms with Gasteiger partial charge in [-0.3, -0.25) is 19.3 Å². The molecular weight excluding hydrogens is 424 g/mol. The first-order chi connectivity index (χ1) is 15.0. The number of carbonyl (C=O) groups excluding carboxylic acids is 1. The number of hydrogen-bond donors (Lipinski definition) is 3. The number of rotatable bonds is 5. The maximum atomic E-state index is 11.7. The Bertz CT molecular complexity index is 709. The zero-order chi connectivity index (χ0) is 22.6. The molecule has 3 fully saturated rings. The lowest BCUT2D eigenvalue weighted by Gasteiger charge is -2.36. The van der Waals surface area contributed by atoms with Crippen LogP contribution in [0.5, 0.6) is 0 Å². The first kappa shape index (κ1) is 24.9. The minimum absolute atomic E-state index is 0.250. The number of benzene rings is 1. The summed E-state index contributed by atoms with van der Waals surface area (Å²) in [4.78, 5) is 35.9. The quantitative estimate of drug-likeness (QED) is 0.563. The van der Waals surface area contributed by atoms with Gasteiger partial charge in [-0.2, -0.15) is 0 Å². The van der Waals surface area contributed by atoms with E-state index in [1.54, 1.807) is 0 Å². The van der Waals surface area contributed by atoms with E-state index in [-0.39, 0.29) is 24.8 Å². The molecule has 2 atom stereocenters. The molecule has 0 aromatic heterocycles. The van der Waals surface area contributed by atoms with Crippen molar-refractivity contribution < 1.29 is 24.6 Å².